The number of rotatable bonds is 2. The van der Waals surface area contributed by atoms with Crippen LogP contribution in [-0.4, -0.2) is 41.3 Å². The van der Waals surface area contributed by atoms with Crippen LogP contribution in [-0.2, 0) is 4.74 Å². The molecule has 29 heavy (non-hydrogen) atoms. The molecule has 0 spiro atoms. The normalized spacial score (nSPS) is 15.0. The number of hydrogen-bond donors (Lipinski definition) is 1. The highest BCUT2D eigenvalue weighted by Gasteiger charge is 2.23. The fraction of sp³-hybridized carbons (Fsp3) is 0.182. The third kappa shape index (κ3) is 2.58. The van der Waals surface area contributed by atoms with Gasteiger partial charge in [0.05, 0.1) is 13.2 Å². The lowest BCUT2D eigenvalue weighted by molar-refractivity contribution is 0.122. The number of H-pyrrole nitrogens is 1. The molecule has 144 valence electrons. The van der Waals surface area contributed by atoms with E-state index < -0.39 is 0 Å². The van der Waals surface area contributed by atoms with E-state index in [1.54, 1.807) is 6.20 Å². The molecule has 4 heterocycles. The van der Waals surface area contributed by atoms with Gasteiger partial charge in [-0.15, -0.1) is 0 Å². The van der Waals surface area contributed by atoms with Crippen molar-refractivity contribution in [2.45, 2.75) is 0 Å². The van der Waals surface area contributed by atoms with Gasteiger partial charge in [-0.2, -0.15) is 0 Å². The van der Waals surface area contributed by atoms with Crippen molar-refractivity contribution in [3.05, 3.63) is 54.5 Å². The second kappa shape index (κ2) is 6.28. The Morgan fingerprint density at radius 1 is 1.00 bits per heavy atom. The molecular formula is C22H17FN4O2. The molecule has 0 aliphatic carbocycles. The quantitative estimate of drug-likeness (QED) is 0.482. The first-order valence-corrected chi connectivity index (χ1v) is 9.57. The molecule has 0 saturated carbocycles. The van der Waals surface area contributed by atoms with Crippen LogP contribution >= 0.6 is 0 Å². The van der Waals surface area contributed by atoms with Crippen molar-refractivity contribution in [3.63, 3.8) is 0 Å². The summed E-state index contributed by atoms with van der Waals surface area (Å²) >= 11 is 0. The third-order valence-electron chi connectivity index (χ3n) is 5.39. The highest BCUT2D eigenvalue weighted by Crippen LogP contribution is 2.36. The summed E-state index contributed by atoms with van der Waals surface area (Å²) in [6.45, 7) is 2.68. The summed E-state index contributed by atoms with van der Waals surface area (Å²) in [5, 5.41) is 1.80. The van der Waals surface area contributed by atoms with Crippen LogP contribution in [0.2, 0.25) is 0 Å². The first kappa shape index (κ1) is 16.5. The van der Waals surface area contributed by atoms with Crippen molar-refractivity contribution >= 4 is 38.8 Å². The number of morpholine rings is 1. The number of ether oxygens (including phenoxy) is 1. The summed E-state index contributed by atoms with van der Waals surface area (Å²) in [5.41, 5.74) is 3.52. The van der Waals surface area contributed by atoms with Gasteiger partial charge < -0.3 is 19.0 Å². The average molecular weight is 388 g/mol. The Labute approximate surface area is 164 Å². The van der Waals surface area contributed by atoms with Gasteiger partial charge in [0.25, 0.3) is 0 Å². The summed E-state index contributed by atoms with van der Waals surface area (Å²) in [5.74, 6) is 0.871. The Morgan fingerprint density at radius 3 is 2.76 bits per heavy atom. The highest BCUT2D eigenvalue weighted by molar-refractivity contribution is 6.07. The maximum absolute atomic E-state index is 14.3. The zero-order valence-electron chi connectivity index (χ0n) is 15.5. The molecule has 0 bridgehead atoms. The number of fused-ring (bicyclic) bond motifs is 4. The number of furan rings is 1. The van der Waals surface area contributed by atoms with E-state index >= 15 is 0 Å². The Hall–Kier alpha value is -3.45. The molecule has 7 heteroatoms. The predicted molar refractivity (Wildman–Crippen MR) is 110 cm³/mol. The fourth-order valence-corrected chi connectivity index (χ4v) is 4.00. The zero-order valence-corrected chi connectivity index (χ0v) is 15.5. The number of aromatic nitrogens is 3. The standard InChI is InChI=1S/C22H17FN4O2/c23-13-11-16(14-5-6-24-17(14)12-13)21-25-19-15-3-1-2-4-18(15)29-20(19)22(26-21)27-7-9-28-10-8-27/h1-6,11-12,24H,7-10H2. The van der Waals surface area contributed by atoms with Gasteiger partial charge in [-0.1, -0.05) is 12.1 Å². The smallest absolute Gasteiger partial charge is 0.196 e. The van der Waals surface area contributed by atoms with E-state index in [9.17, 15) is 4.39 Å². The largest absolute Gasteiger partial charge is 0.450 e. The minimum Gasteiger partial charge on any atom is -0.450 e. The van der Waals surface area contributed by atoms with Crippen molar-refractivity contribution in [2.75, 3.05) is 31.2 Å². The molecule has 1 saturated heterocycles. The lowest BCUT2D eigenvalue weighted by Gasteiger charge is -2.27. The third-order valence-corrected chi connectivity index (χ3v) is 5.39. The van der Waals surface area contributed by atoms with E-state index in [-0.39, 0.29) is 5.82 Å². The minimum absolute atomic E-state index is 0.330. The monoisotopic (exact) mass is 388 g/mol. The van der Waals surface area contributed by atoms with Gasteiger partial charge >= 0.3 is 0 Å². The van der Waals surface area contributed by atoms with Gasteiger partial charge in [-0.3, -0.25) is 0 Å². The molecule has 1 N–H and O–H groups in total. The van der Waals surface area contributed by atoms with Crippen molar-refractivity contribution in [3.8, 4) is 11.4 Å². The van der Waals surface area contributed by atoms with E-state index in [1.165, 1.54) is 12.1 Å². The Bertz CT molecular complexity index is 1370. The van der Waals surface area contributed by atoms with Crippen LogP contribution in [0.4, 0.5) is 10.2 Å². The molecule has 2 aromatic carbocycles. The number of aromatic amines is 1. The number of anilines is 1. The lowest BCUT2D eigenvalue weighted by atomic mass is 10.1. The van der Waals surface area contributed by atoms with Gasteiger partial charge in [0.2, 0.25) is 0 Å². The molecule has 6 nitrogen and oxygen atoms in total. The Balaban J connectivity index is 1.68. The first-order valence-electron chi connectivity index (χ1n) is 9.57. The molecular weight excluding hydrogens is 371 g/mol. The molecule has 1 fully saturated rings. The van der Waals surface area contributed by atoms with Crippen molar-refractivity contribution in [1.29, 1.82) is 0 Å². The number of para-hydroxylation sites is 1. The molecule has 5 aromatic rings. The van der Waals surface area contributed by atoms with Gasteiger partial charge in [0, 0.05) is 41.1 Å². The maximum atomic E-state index is 14.3. The SMILES string of the molecule is Fc1cc(-c2nc(N3CCOCC3)c3oc4ccccc4c3n2)c2cc[nH]c2c1. The van der Waals surface area contributed by atoms with Crippen molar-refractivity contribution in [1.82, 2.24) is 15.0 Å². The molecule has 6 rings (SSSR count). The zero-order chi connectivity index (χ0) is 19.4. The molecule has 0 radical (unpaired) electrons. The van der Waals surface area contributed by atoms with Crippen LogP contribution in [0.25, 0.3) is 44.4 Å². The van der Waals surface area contributed by atoms with E-state index in [0.29, 0.717) is 48.8 Å². The summed E-state index contributed by atoms with van der Waals surface area (Å²) in [6, 6.07) is 12.7. The average Bonchev–Trinajstić information content (AvgIpc) is 3.37. The van der Waals surface area contributed by atoms with Gasteiger partial charge in [0.1, 0.15) is 16.9 Å². The van der Waals surface area contributed by atoms with Crippen LogP contribution in [0.15, 0.2) is 53.1 Å². The number of benzene rings is 2. The first-order chi connectivity index (χ1) is 14.3. The summed E-state index contributed by atoms with van der Waals surface area (Å²) in [6.07, 6.45) is 1.79. The molecule has 0 atom stereocenters. The molecule has 1 aliphatic heterocycles. The summed E-state index contributed by atoms with van der Waals surface area (Å²) in [4.78, 5) is 14.9. The van der Waals surface area contributed by atoms with E-state index in [2.05, 4.69) is 9.88 Å². The number of nitrogens with zero attached hydrogens (tertiary/aromatic N) is 3. The minimum atomic E-state index is -0.330. The maximum Gasteiger partial charge on any atom is 0.196 e. The number of hydrogen-bond acceptors (Lipinski definition) is 5. The van der Waals surface area contributed by atoms with E-state index in [1.807, 2.05) is 30.3 Å². The van der Waals surface area contributed by atoms with E-state index in [0.717, 1.165) is 27.7 Å². The van der Waals surface area contributed by atoms with E-state index in [4.69, 9.17) is 19.1 Å². The highest BCUT2D eigenvalue weighted by atomic mass is 19.1. The number of halogens is 1. The van der Waals surface area contributed by atoms with Crippen molar-refractivity contribution < 1.29 is 13.5 Å². The van der Waals surface area contributed by atoms with Crippen LogP contribution in [0.3, 0.4) is 0 Å². The van der Waals surface area contributed by atoms with Gasteiger partial charge in [-0.05, 0) is 30.3 Å². The molecule has 0 unspecified atom stereocenters. The second-order valence-electron chi connectivity index (χ2n) is 7.14. The summed E-state index contributed by atoms with van der Waals surface area (Å²) < 4.78 is 25.9. The van der Waals surface area contributed by atoms with Crippen molar-refractivity contribution in [2.24, 2.45) is 0 Å². The van der Waals surface area contributed by atoms with Crippen LogP contribution in [0.5, 0.6) is 0 Å². The fourth-order valence-electron chi connectivity index (χ4n) is 4.00. The molecule has 3 aromatic heterocycles. The predicted octanol–water partition coefficient (Wildman–Crippen LogP) is 4.50. The van der Waals surface area contributed by atoms with Gasteiger partial charge in [0.15, 0.2) is 17.2 Å². The van der Waals surface area contributed by atoms with Crippen LogP contribution in [0.1, 0.15) is 0 Å². The summed E-state index contributed by atoms with van der Waals surface area (Å²) in [7, 11) is 0. The molecule has 1 aliphatic rings. The van der Waals surface area contributed by atoms with Gasteiger partial charge in [-0.25, -0.2) is 14.4 Å². The Morgan fingerprint density at radius 2 is 1.86 bits per heavy atom. The number of nitrogens with one attached hydrogen (secondary N) is 1. The second-order valence-corrected chi connectivity index (χ2v) is 7.14. The lowest BCUT2D eigenvalue weighted by Crippen LogP contribution is -2.37. The molecule has 0 amide bonds. The topological polar surface area (TPSA) is 67.2 Å². The van der Waals surface area contributed by atoms with Crippen LogP contribution in [0, 0.1) is 5.82 Å². The Kier molecular flexibility index (Phi) is 3.57. The van der Waals surface area contributed by atoms with Crippen LogP contribution < -0.4 is 4.90 Å².